The molecule has 116 valence electrons. The number of nitrogens with zero attached hydrogens (tertiary/aromatic N) is 2. The molecule has 0 radical (unpaired) electrons. The van der Waals surface area contributed by atoms with E-state index in [1.807, 2.05) is 6.92 Å². The summed E-state index contributed by atoms with van der Waals surface area (Å²) in [6.45, 7) is 5.06. The second-order valence-electron chi connectivity index (χ2n) is 5.20. The maximum Gasteiger partial charge on any atom is 0.244 e. The zero-order chi connectivity index (χ0) is 15.6. The maximum atomic E-state index is 12.7. The van der Waals surface area contributed by atoms with Crippen LogP contribution in [-0.4, -0.2) is 49.7 Å². The molecule has 1 aliphatic heterocycles. The van der Waals surface area contributed by atoms with Crippen molar-refractivity contribution < 1.29 is 13.2 Å². The Balaban J connectivity index is 2.25. The van der Waals surface area contributed by atoms with E-state index in [-0.39, 0.29) is 15.8 Å². The first-order chi connectivity index (χ1) is 9.82. The molecule has 0 spiro atoms. The number of carbonyl (C=O) groups excluding carboxylic acids is 1. The van der Waals surface area contributed by atoms with E-state index in [1.54, 1.807) is 23.1 Å². The third kappa shape index (κ3) is 3.56. The van der Waals surface area contributed by atoms with Crippen LogP contribution in [0.4, 0.5) is 0 Å². The molecule has 7 heteroatoms. The highest BCUT2D eigenvalue weighted by molar-refractivity contribution is 7.89. The van der Waals surface area contributed by atoms with Crippen LogP contribution in [-0.2, 0) is 14.8 Å². The van der Waals surface area contributed by atoms with Crippen molar-refractivity contribution in [3.63, 3.8) is 0 Å². The van der Waals surface area contributed by atoms with Gasteiger partial charge in [-0.25, -0.2) is 8.42 Å². The molecule has 1 aliphatic rings. The second-order valence-corrected chi connectivity index (χ2v) is 7.51. The Morgan fingerprint density at radius 3 is 2.52 bits per heavy atom. The van der Waals surface area contributed by atoms with Crippen LogP contribution < -0.4 is 0 Å². The van der Waals surface area contributed by atoms with Gasteiger partial charge in [0.2, 0.25) is 15.9 Å². The highest BCUT2D eigenvalue weighted by Crippen LogP contribution is 2.26. The van der Waals surface area contributed by atoms with Gasteiger partial charge < -0.3 is 4.90 Å². The molecule has 1 saturated heterocycles. The van der Waals surface area contributed by atoms with Crippen molar-refractivity contribution in [1.82, 2.24) is 9.21 Å². The van der Waals surface area contributed by atoms with Crippen LogP contribution in [0.25, 0.3) is 0 Å². The minimum Gasteiger partial charge on any atom is -0.342 e. The summed E-state index contributed by atoms with van der Waals surface area (Å²) in [7, 11) is -3.62. The normalized spacial score (nSPS) is 17.6. The van der Waals surface area contributed by atoms with Crippen LogP contribution in [0.2, 0.25) is 5.02 Å². The first-order valence-electron chi connectivity index (χ1n) is 6.84. The van der Waals surface area contributed by atoms with E-state index in [1.165, 1.54) is 11.2 Å². The highest BCUT2D eigenvalue weighted by atomic mass is 35.5. The average Bonchev–Trinajstić information content (AvgIpc) is 2.64. The lowest BCUT2D eigenvalue weighted by molar-refractivity contribution is -0.128. The summed E-state index contributed by atoms with van der Waals surface area (Å²) < 4.78 is 26.8. The fraction of sp³-hybridized carbons (Fsp3) is 0.500. The zero-order valence-corrected chi connectivity index (χ0v) is 13.7. The lowest BCUT2D eigenvalue weighted by Gasteiger charge is -2.21. The van der Waals surface area contributed by atoms with Gasteiger partial charge in [0.1, 0.15) is 4.90 Å². The SMILES string of the molecule is CC(=O)N1CCCN(S(=O)(=O)c2ccc(C)cc2Cl)CC1. The van der Waals surface area contributed by atoms with Gasteiger partial charge in [0, 0.05) is 33.1 Å². The van der Waals surface area contributed by atoms with Gasteiger partial charge in [-0.1, -0.05) is 17.7 Å². The number of aryl methyl sites for hydroxylation is 1. The van der Waals surface area contributed by atoms with E-state index in [0.717, 1.165) is 5.56 Å². The topological polar surface area (TPSA) is 57.7 Å². The molecule has 5 nitrogen and oxygen atoms in total. The van der Waals surface area contributed by atoms with Gasteiger partial charge in [-0.05, 0) is 31.0 Å². The summed E-state index contributed by atoms with van der Waals surface area (Å²) in [6.07, 6.45) is 0.627. The van der Waals surface area contributed by atoms with Gasteiger partial charge in [-0.3, -0.25) is 4.79 Å². The Labute approximate surface area is 130 Å². The minimum atomic E-state index is -3.62. The van der Waals surface area contributed by atoms with Gasteiger partial charge in [-0.15, -0.1) is 0 Å². The van der Waals surface area contributed by atoms with E-state index in [9.17, 15) is 13.2 Å². The number of hydrogen-bond donors (Lipinski definition) is 0. The summed E-state index contributed by atoms with van der Waals surface area (Å²) in [5, 5.41) is 0.239. The standard InChI is InChI=1S/C14H19ClN2O3S/c1-11-4-5-14(13(15)10-11)21(19,20)17-7-3-6-16(8-9-17)12(2)18/h4-5,10H,3,6-9H2,1-2H3. The van der Waals surface area contributed by atoms with E-state index in [0.29, 0.717) is 32.6 Å². The number of carbonyl (C=O) groups is 1. The number of amides is 1. The highest BCUT2D eigenvalue weighted by Gasteiger charge is 2.29. The van der Waals surface area contributed by atoms with Crippen molar-refractivity contribution in [2.24, 2.45) is 0 Å². The number of sulfonamides is 1. The summed E-state index contributed by atoms with van der Waals surface area (Å²) in [5.74, 6) is -0.0254. The first kappa shape index (κ1) is 16.3. The summed E-state index contributed by atoms with van der Waals surface area (Å²) >= 11 is 6.08. The third-order valence-corrected chi connectivity index (χ3v) is 5.99. The fourth-order valence-electron chi connectivity index (χ4n) is 2.40. The molecule has 0 unspecified atom stereocenters. The predicted molar refractivity (Wildman–Crippen MR) is 81.8 cm³/mol. The Morgan fingerprint density at radius 2 is 1.90 bits per heavy atom. The number of halogens is 1. The molecule has 1 amide bonds. The van der Waals surface area contributed by atoms with Gasteiger partial charge in [-0.2, -0.15) is 4.31 Å². The Morgan fingerprint density at radius 1 is 1.19 bits per heavy atom. The Hall–Kier alpha value is -1.11. The molecule has 0 aromatic heterocycles. The molecule has 0 N–H and O–H groups in total. The quantitative estimate of drug-likeness (QED) is 0.832. The van der Waals surface area contributed by atoms with Gasteiger partial charge in [0.25, 0.3) is 0 Å². The molecule has 1 heterocycles. The average molecular weight is 331 g/mol. The smallest absolute Gasteiger partial charge is 0.244 e. The van der Waals surface area contributed by atoms with Gasteiger partial charge in [0.05, 0.1) is 5.02 Å². The number of benzene rings is 1. The summed E-state index contributed by atoms with van der Waals surface area (Å²) in [4.78, 5) is 13.2. The summed E-state index contributed by atoms with van der Waals surface area (Å²) in [5.41, 5.74) is 0.914. The molecule has 2 rings (SSSR count). The van der Waals surface area contributed by atoms with E-state index in [2.05, 4.69) is 0 Å². The lowest BCUT2D eigenvalue weighted by Crippen LogP contribution is -2.36. The largest absolute Gasteiger partial charge is 0.342 e. The molecule has 0 aliphatic carbocycles. The van der Waals surface area contributed by atoms with E-state index >= 15 is 0 Å². The van der Waals surface area contributed by atoms with Crippen LogP contribution in [0, 0.1) is 6.92 Å². The molecular formula is C14H19ClN2O3S. The molecule has 1 aromatic carbocycles. The second kappa shape index (κ2) is 6.34. The van der Waals surface area contributed by atoms with Gasteiger partial charge >= 0.3 is 0 Å². The fourth-order valence-corrected chi connectivity index (χ4v) is 4.45. The zero-order valence-electron chi connectivity index (χ0n) is 12.2. The molecule has 0 bridgehead atoms. The first-order valence-corrected chi connectivity index (χ1v) is 8.66. The predicted octanol–water partition coefficient (Wildman–Crippen LogP) is 1.89. The molecule has 0 atom stereocenters. The third-order valence-electron chi connectivity index (χ3n) is 3.61. The summed E-state index contributed by atoms with van der Waals surface area (Å²) in [6, 6.07) is 4.92. The van der Waals surface area contributed by atoms with Crippen molar-refractivity contribution >= 4 is 27.5 Å². The number of hydrogen-bond acceptors (Lipinski definition) is 3. The minimum absolute atomic E-state index is 0.0254. The number of rotatable bonds is 2. The van der Waals surface area contributed by atoms with Crippen molar-refractivity contribution in [3.05, 3.63) is 28.8 Å². The van der Waals surface area contributed by atoms with Crippen molar-refractivity contribution in [2.45, 2.75) is 25.2 Å². The molecule has 0 saturated carbocycles. The Bertz CT molecular complexity index is 646. The molecule has 1 aromatic rings. The molecule has 21 heavy (non-hydrogen) atoms. The Kier molecular flexibility index (Phi) is 4.91. The van der Waals surface area contributed by atoms with Crippen molar-refractivity contribution in [2.75, 3.05) is 26.2 Å². The van der Waals surface area contributed by atoms with Crippen LogP contribution in [0.1, 0.15) is 18.9 Å². The van der Waals surface area contributed by atoms with Crippen LogP contribution in [0.15, 0.2) is 23.1 Å². The maximum absolute atomic E-state index is 12.7. The van der Waals surface area contributed by atoms with Crippen molar-refractivity contribution in [3.8, 4) is 0 Å². The van der Waals surface area contributed by atoms with Crippen LogP contribution >= 0.6 is 11.6 Å². The van der Waals surface area contributed by atoms with E-state index < -0.39 is 10.0 Å². The molecule has 1 fully saturated rings. The van der Waals surface area contributed by atoms with Gasteiger partial charge in [0.15, 0.2) is 0 Å². The monoisotopic (exact) mass is 330 g/mol. The molecular weight excluding hydrogens is 312 g/mol. The van der Waals surface area contributed by atoms with Crippen molar-refractivity contribution in [1.29, 1.82) is 0 Å². The van der Waals surface area contributed by atoms with Crippen LogP contribution in [0.3, 0.4) is 0 Å². The van der Waals surface area contributed by atoms with E-state index in [4.69, 9.17) is 11.6 Å². The van der Waals surface area contributed by atoms with Crippen LogP contribution in [0.5, 0.6) is 0 Å². The lowest BCUT2D eigenvalue weighted by atomic mass is 10.2.